The molecule has 2 rings (SSSR count). The first kappa shape index (κ1) is 8.13. The smallest absolute Gasteiger partial charge is 0.0855 e. The highest BCUT2D eigenvalue weighted by Crippen LogP contribution is 2.26. The molecule has 12 heavy (non-hydrogen) atoms. The number of hydrogen-bond acceptors (Lipinski definition) is 4. The largest absolute Gasteiger partial charge is 0.378 e. The van der Waals surface area contributed by atoms with Crippen LogP contribution in [0.3, 0.4) is 0 Å². The Kier molecular flexibility index (Phi) is 2.37. The van der Waals surface area contributed by atoms with Crippen molar-refractivity contribution in [1.82, 2.24) is 4.90 Å². The summed E-state index contributed by atoms with van der Waals surface area (Å²) in [6.07, 6.45) is 1.11. The average Bonchev–Trinajstić information content (AvgIpc) is 2.50. The average molecular weight is 170 g/mol. The molecule has 2 aliphatic heterocycles. The van der Waals surface area contributed by atoms with Crippen LogP contribution in [0.15, 0.2) is 5.18 Å². The molecule has 2 heterocycles. The van der Waals surface area contributed by atoms with Crippen LogP contribution in [0.25, 0.3) is 0 Å². The molecule has 0 amide bonds. The van der Waals surface area contributed by atoms with E-state index in [1.165, 1.54) is 0 Å². The van der Waals surface area contributed by atoms with E-state index in [0.29, 0.717) is 18.5 Å². The first-order chi connectivity index (χ1) is 5.92. The zero-order valence-corrected chi connectivity index (χ0v) is 7.11. The number of fused-ring (bicyclic) bond motifs is 1. The number of nitrogens with zero attached hydrogens (tertiary/aromatic N) is 2. The van der Waals surface area contributed by atoms with Crippen LogP contribution in [0.1, 0.15) is 6.42 Å². The van der Waals surface area contributed by atoms with Crippen LogP contribution in [0.4, 0.5) is 0 Å². The van der Waals surface area contributed by atoms with Gasteiger partial charge in [-0.15, -0.1) is 0 Å². The topological polar surface area (TPSA) is 41.9 Å². The van der Waals surface area contributed by atoms with E-state index in [1.54, 1.807) is 0 Å². The number of morpholine rings is 1. The van der Waals surface area contributed by atoms with Crippen molar-refractivity contribution in [3.8, 4) is 0 Å². The maximum absolute atomic E-state index is 10.1. The van der Waals surface area contributed by atoms with E-state index < -0.39 is 0 Å². The molecule has 2 atom stereocenters. The number of rotatable bonds is 2. The molecule has 0 N–H and O–H groups in total. The monoisotopic (exact) mass is 170 g/mol. The lowest BCUT2D eigenvalue weighted by molar-refractivity contribution is 0.00173. The van der Waals surface area contributed by atoms with E-state index >= 15 is 0 Å². The molecule has 0 aromatic heterocycles. The summed E-state index contributed by atoms with van der Waals surface area (Å²) in [6.45, 7) is 4.25. The third kappa shape index (κ3) is 1.36. The van der Waals surface area contributed by atoms with Gasteiger partial charge in [0.25, 0.3) is 0 Å². The molecule has 0 spiro atoms. The molecule has 4 nitrogen and oxygen atoms in total. The summed E-state index contributed by atoms with van der Waals surface area (Å²) >= 11 is 0. The van der Waals surface area contributed by atoms with Crippen LogP contribution < -0.4 is 0 Å². The Labute approximate surface area is 71.9 Å². The van der Waals surface area contributed by atoms with Gasteiger partial charge in [0, 0.05) is 18.5 Å². The summed E-state index contributed by atoms with van der Waals surface area (Å²) < 4.78 is 5.37. The molecule has 2 aliphatic rings. The number of nitroso groups, excluding NO2 is 1. The van der Waals surface area contributed by atoms with E-state index in [-0.39, 0.29) is 0 Å². The van der Waals surface area contributed by atoms with Crippen molar-refractivity contribution in [2.75, 3.05) is 32.8 Å². The molecule has 0 aromatic carbocycles. The lowest BCUT2D eigenvalue weighted by Gasteiger charge is -2.31. The third-order valence-corrected chi connectivity index (χ3v) is 2.92. The van der Waals surface area contributed by atoms with Crippen LogP contribution in [0.5, 0.6) is 0 Å². The van der Waals surface area contributed by atoms with Gasteiger partial charge in [-0.2, -0.15) is 4.91 Å². The summed E-state index contributed by atoms with van der Waals surface area (Å²) in [4.78, 5) is 12.5. The van der Waals surface area contributed by atoms with Crippen LogP contribution in [-0.4, -0.2) is 43.8 Å². The van der Waals surface area contributed by atoms with E-state index in [4.69, 9.17) is 4.74 Å². The predicted molar refractivity (Wildman–Crippen MR) is 44.9 cm³/mol. The van der Waals surface area contributed by atoms with E-state index in [2.05, 4.69) is 10.1 Å². The maximum Gasteiger partial charge on any atom is 0.0855 e. The number of ether oxygens (including phenoxy) is 1. The van der Waals surface area contributed by atoms with Crippen molar-refractivity contribution in [2.45, 2.75) is 12.5 Å². The number of hydrogen-bond donors (Lipinski definition) is 0. The van der Waals surface area contributed by atoms with Gasteiger partial charge in [-0.05, 0) is 13.0 Å². The van der Waals surface area contributed by atoms with E-state index in [9.17, 15) is 4.91 Å². The van der Waals surface area contributed by atoms with Gasteiger partial charge in [0.2, 0.25) is 0 Å². The Morgan fingerprint density at radius 3 is 3.25 bits per heavy atom. The lowest BCUT2D eigenvalue weighted by atomic mass is 10.0. The van der Waals surface area contributed by atoms with Gasteiger partial charge in [0.05, 0.1) is 19.8 Å². The first-order valence-corrected chi connectivity index (χ1v) is 4.52. The zero-order chi connectivity index (χ0) is 8.39. The van der Waals surface area contributed by atoms with Gasteiger partial charge in [-0.1, -0.05) is 5.18 Å². The van der Waals surface area contributed by atoms with Gasteiger partial charge in [0.1, 0.15) is 0 Å². The molecule has 0 radical (unpaired) electrons. The molecule has 68 valence electrons. The maximum atomic E-state index is 10.1. The second-order valence-corrected chi connectivity index (χ2v) is 3.54. The second kappa shape index (κ2) is 3.49. The fourth-order valence-electron chi connectivity index (χ4n) is 2.20. The van der Waals surface area contributed by atoms with Crippen molar-refractivity contribution >= 4 is 0 Å². The quantitative estimate of drug-likeness (QED) is 0.566. The van der Waals surface area contributed by atoms with Crippen LogP contribution in [0.2, 0.25) is 0 Å². The lowest BCUT2D eigenvalue weighted by Crippen LogP contribution is -2.44. The van der Waals surface area contributed by atoms with E-state index in [0.717, 1.165) is 32.7 Å². The van der Waals surface area contributed by atoms with Gasteiger partial charge < -0.3 is 4.74 Å². The molecule has 2 unspecified atom stereocenters. The summed E-state index contributed by atoms with van der Waals surface area (Å²) in [7, 11) is 0. The standard InChI is InChI=1S/C8H14N2O2/c11-9-5-7-1-2-10-3-4-12-6-8(7)10/h7-8H,1-6H2. The van der Waals surface area contributed by atoms with Crippen LogP contribution >= 0.6 is 0 Å². The highest BCUT2D eigenvalue weighted by atomic mass is 16.5. The van der Waals surface area contributed by atoms with Crippen molar-refractivity contribution < 1.29 is 4.74 Å². The first-order valence-electron chi connectivity index (χ1n) is 4.52. The molecule has 2 saturated heterocycles. The van der Waals surface area contributed by atoms with Crippen molar-refractivity contribution in [3.63, 3.8) is 0 Å². The molecule has 0 aliphatic carbocycles. The van der Waals surface area contributed by atoms with Crippen LogP contribution in [-0.2, 0) is 4.74 Å². The summed E-state index contributed by atoms with van der Waals surface area (Å²) in [5.74, 6) is 0.447. The SMILES string of the molecule is O=NCC1CCN2CCOCC12. The fourth-order valence-corrected chi connectivity index (χ4v) is 2.20. The zero-order valence-electron chi connectivity index (χ0n) is 7.11. The molecule has 0 bridgehead atoms. The normalized spacial score (nSPS) is 36.3. The molecule has 0 saturated carbocycles. The Morgan fingerprint density at radius 1 is 1.50 bits per heavy atom. The van der Waals surface area contributed by atoms with Crippen molar-refractivity contribution in [1.29, 1.82) is 0 Å². The minimum atomic E-state index is 0.447. The van der Waals surface area contributed by atoms with Gasteiger partial charge in [-0.25, -0.2) is 0 Å². The molecule has 0 aromatic rings. The fraction of sp³-hybridized carbons (Fsp3) is 1.00. The predicted octanol–water partition coefficient (Wildman–Crippen LogP) is 0.474. The molecular weight excluding hydrogens is 156 g/mol. The minimum Gasteiger partial charge on any atom is -0.378 e. The third-order valence-electron chi connectivity index (χ3n) is 2.92. The second-order valence-electron chi connectivity index (χ2n) is 3.54. The Morgan fingerprint density at radius 2 is 2.42 bits per heavy atom. The highest BCUT2D eigenvalue weighted by Gasteiger charge is 2.35. The van der Waals surface area contributed by atoms with Gasteiger partial charge >= 0.3 is 0 Å². The summed E-state index contributed by atoms with van der Waals surface area (Å²) in [5, 5.41) is 2.98. The van der Waals surface area contributed by atoms with Crippen molar-refractivity contribution in [2.24, 2.45) is 11.1 Å². The Bertz CT molecular complexity index is 174. The van der Waals surface area contributed by atoms with Crippen molar-refractivity contribution in [3.05, 3.63) is 4.91 Å². The summed E-state index contributed by atoms with van der Waals surface area (Å²) in [6, 6.07) is 0.469. The Hall–Kier alpha value is -0.480. The molecular formula is C8H14N2O2. The highest BCUT2D eigenvalue weighted by molar-refractivity contribution is 4.89. The summed E-state index contributed by atoms with van der Waals surface area (Å²) in [5.41, 5.74) is 0. The van der Waals surface area contributed by atoms with Crippen LogP contribution in [0, 0.1) is 10.8 Å². The van der Waals surface area contributed by atoms with E-state index in [1.807, 2.05) is 0 Å². The van der Waals surface area contributed by atoms with Gasteiger partial charge in [-0.3, -0.25) is 4.90 Å². The Balaban J connectivity index is 1.96. The molecule has 2 fully saturated rings. The minimum absolute atomic E-state index is 0.447. The van der Waals surface area contributed by atoms with Gasteiger partial charge in [0.15, 0.2) is 0 Å². The molecule has 4 heteroatoms.